The molecule has 1 N–H and O–H groups in total. The van der Waals surface area contributed by atoms with Crippen LogP contribution in [-0.2, 0) is 9.84 Å². The largest absolute Gasteiger partial charge is 0.376 e. The number of fused-ring (bicyclic) bond motifs is 1. The maximum absolute atomic E-state index is 12.2. The molecule has 0 saturated heterocycles. The highest BCUT2D eigenvalue weighted by Gasteiger charge is 2.16. The minimum atomic E-state index is -3.29. The van der Waals surface area contributed by atoms with Crippen LogP contribution in [0.4, 0.5) is 17.2 Å². The molecule has 0 aliphatic rings. The van der Waals surface area contributed by atoms with Gasteiger partial charge < -0.3 is 10.2 Å². The zero-order chi connectivity index (χ0) is 18.0. The zero-order valence-corrected chi connectivity index (χ0v) is 15.2. The Morgan fingerprint density at radius 2 is 1.84 bits per heavy atom. The normalized spacial score (nSPS) is 11.5. The Morgan fingerprint density at radius 3 is 2.56 bits per heavy atom. The average Bonchev–Trinajstić information content (AvgIpc) is 2.61. The van der Waals surface area contributed by atoms with E-state index in [0.717, 1.165) is 16.6 Å². The monoisotopic (exact) mass is 356 g/mol. The van der Waals surface area contributed by atoms with Crippen molar-refractivity contribution in [2.24, 2.45) is 0 Å². The molecule has 7 heteroatoms. The minimum Gasteiger partial charge on any atom is -0.376 e. The van der Waals surface area contributed by atoms with Gasteiger partial charge >= 0.3 is 0 Å². The molecule has 0 aliphatic carbocycles. The first-order chi connectivity index (χ1) is 11.9. The van der Waals surface area contributed by atoms with Crippen LogP contribution in [0.15, 0.2) is 53.7 Å². The smallest absolute Gasteiger partial charge is 0.178 e. The van der Waals surface area contributed by atoms with E-state index in [1.54, 1.807) is 25.1 Å². The second-order valence-corrected chi connectivity index (χ2v) is 8.12. The van der Waals surface area contributed by atoms with Crippen molar-refractivity contribution in [2.45, 2.75) is 11.8 Å². The van der Waals surface area contributed by atoms with Gasteiger partial charge in [-0.3, -0.25) is 0 Å². The van der Waals surface area contributed by atoms with Crippen LogP contribution < -0.4 is 10.2 Å². The molecule has 0 saturated carbocycles. The fraction of sp³-hybridized carbons (Fsp3) is 0.222. The Bertz CT molecular complexity index is 1010. The number of benzene rings is 2. The van der Waals surface area contributed by atoms with Crippen molar-refractivity contribution < 1.29 is 8.42 Å². The number of nitrogens with one attached hydrogen (secondary N) is 1. The van der Waals surface area contributed by atoms with Gasteiger partial charge in [-0.15, -0.1) is 0 Å². The lowest BCUT2D eigenvalue weighted by Crippen LogP contribution is -2.13. The van der Waals surface area contributed by atoms with Crippen LogP contribution in [0.3, 0.4) is 0 Å². The highest BCUT2D eigenvalue weighted by molar-refractivity contribution is 7.91. The number of para-hydroxylation sites is 1. The molecular weight excluding hydrogens is 336 g/mol. The summed E-state index contributed by atoms with van der Waals surface area (Å²) >= 11 is 0. The highest BCUT2D eigenvalue weighted by Crippen LogP contribution is 2.32. The van der Waals surface area contributed by atoms with E-state index < -0.39 is 9.84 Å². The number of hydrogen-bond donors (Lipinski definition) is 1. The number of hydrogen-bond acceptors (Lipinski definition) is 6. The second kappa shape index (κ2) is 6.68. The van der Waals surface area contributed by atoms with Gasteiger partial charge in [0.15, 0.2) is 9.84 Å². The van der Waals surface area contributed by atoms with E-state index >= 15 is 0 Å². The van der Waals surface area contributed by atoms with Crippen molar-refractivity contribution in [3.63, 3.8) is 0 Å². The van der Waals surface area contributed by atoms with Gasteiger partial charge in [0, 0.05) is 19.5 Å². The Hall–Kier alpha value is -2.67. The van der Waals surface area contributed by atoms with Gasteiger partial charge in [-0.25, -0.2) is 18.4 Å². The standard InChI is InChI=1S/C18H20N4O2S/c1-4-25(23,24)13-9-10-17(22(2)3)16(11-13)21-18-14-7-5-6-8-15(14)19-12-20-18/h5-12H,4H2,1-3H3,(H,19,20,21). The number of anilines is 3. The zero-order valence-electron chi connectivity index (χ0n) is 14.4. The van der Waals surface area contributed by atoms with Crippen molar-refractivity contribution in [2.75, 3.05) is 30.1 Å². The molecule has 3 rings (SSSR count). The molecule has 0 amide bonds. The fourth-order valence-electron chi connectivity index (χ4n) is 2.60. The molecule has 6 nitrogen and oxygen atoms in total. The van der Waals surface area contributed by atoms with Gasteiger partial charge in [0.05, 0.1) is 27.5 Å². The fourth-order valence-corrected chi connectivity index (χ4v) is 3.50. The summed E-state index contributed by atoms with van der Waals surface area (Å²) in [7, 11) is 0.529. The van der Waals surface area contributed by atoms with Crippen molar-refractivity contribution in [1.29, 1.82) is 0 Å². The summed E-state index contributed by atoms with van der Waals surface area (Å²) in [5.41, 5.74) is 2.38. The predicted molar refractivity (Wildman–Crippen MR) is 101 cm³/mol. The van der Waals surface area contributed by atoms with Crippen molar-refractivity contribution in [1.82, 2.24) is 9.97 Å². The SMILES string of the molecule is CCS(=O)(=O)c1ccc(N(C)C)c(Nc2ncnc3ccccc23)c1. The molecule has 3 aromatic rings. The number of sulfone groups is 1. The quantitative estimate of drug-likeness (QED) is 0.756. The maximum Gasteiger partial charge on any atom is 0.178 e. The molecule has 0 spiro atoms. The Labute approximate surface area is 147 Å². The average molecular weight is 356 g/mol. The molecule has 0 unspecified atom stereocenters. The van der Waals surface area contributed by atoms with E-state index in [2.05, 4.69) is 15.3 Å². The molecule has 0 aliphatic heterocycles. The molecule has 0 radical (unpaired) electrons. The molecule has 1 aromatic heterocycles. The predicted octanol–water partition coefficient (Wildman–Crippen LogP) is 3.23. The Morgan fingerprint density at radius 1 is 1.08 bits per heavy atom. The number of nitrogens with zero attached hydrogens (tertiary/aromatic N) is 3. The topological polar surface area (TPSA) is 75.2 Å². The Kier molecular flexibility index (Phi) is 4.59. The summed E-state index contributed by atoms with van der Waals surface area (Å²) < 4.78 is 24.5. The summed E-state index contributed by atoms with van der Waals surface area (Å²) in [5.74, 6) is 0.698. The molecular formula is C18H20N4O2S. The second-order valence-electron chi connectivity index (χ2n) is 5.84. The van der Waals surface area contributed by atoms with Crippen molar-refractivity contribution in [3.05, 3.63) is 48.8 Å². The van der Waals surface area contributed by atoms with Gasteiger partial charge in [0.25, 0.3) is 0 Å². The molecule has 25 heavy (non-hydrogen) atoms. The van der Waals surface area contributed by atoms with Gasteiger partial charge in [0.2, 0.25) is 0 Å². The lowest BCUT2D eigenvalue weighted by molar-refractivity contribution is 0.597. The van der Waals surface area contributed by atoms with Crippen LogP contribution in [0.25, 0.3) is 10.9 Å². The van der Waals surface area contributed by atoms with Crippen LogP contribution in [0.5, 0.6) is 0 Å². The van der Waals surface area contributed by atoms with E-state index in [0.29, 0.717) is 16.4 Å². The van der Waals surface area contributed by atoms with E-state index in [9.17, 15) is 8.42 Å². The minimum absolute atomic E-state index is 0.0597. The number of aromatic nitrogens is 2. The molecule has 2 aromatic carbocycles. The highest BCUT2D eigenvalue weighted by atomic mass is 32.2. The van der Waals surface area contributed by atoms with Crippen LogP contribution in [0, 0.1) is 0 Å². The van der Waals surface area contributed by atoms with Crippen LogP contribution in [0.2, 0.25) is 0 Å². The molecule has 130 valence electrons. The summed E-state index contributed by atoms with van der Waals surface area (Å²) in [4.78, 5) is 10.8. The number of rotatable bonds is 5. The van der Waals surface area contributed by atoms with E-state index in [-0.39, 0.29) is 5.75 Å². The molecule has 0 atom stereocenters. The van der Waals surface area contributed by atoms with E-state index in [1.165, 1.54) is 6.33 Å². The third-order valence-electron chi connectivity index (χ3n) is 3.98. The first kappa shape index (κ1) is 17.2. The van der Waals surface area contributed by atoms with Crippen LogP contribution >= 0.6 is 0 Å². The first-order valence-corrected chi connectivity index (χ1v) is 9.58. The van der Waals surface area contributed by atoms with Gasteiger partial charge in [0.1, 0.15) is 12.1 Å². The summed E-state index contributed by atoms with van der Waals surface area (Å²) in [6.07, 6.45) is 1.49. The van der Waals surface area contributed by atoms with Crippen LogP contribution in [-0.4, -0.2) is 38.2 Å². The van der Waals surface area contributed by atoms with Crippen LogP contribution in [0.1, 0.15) is 6.92 Å². The molecule has 0 bridgehead atoms. The summed E-state index contributed by atoms with van der Waals surface area (Å²) in [6, 6.07) is 12.8. The first-order valence-electron chi connectivity index (χ1n) is 7.93. The van der Waals surface area contributed by atoms with Gasteiger partial charge in [-0.2, -0.15) is 0 Å². The maximum atomic E-state index is 12.2. The third kappa shape index (κ3) is 3.41. The van der Waals surface area contributed by atoms with E-state index in [4.69, 9.17) is 0 Å². The molecule has 0 fully saturated rings. The van der Waals surface area contributed by atoms with Crippen molar-refractivity contribution >= 4 is 37.9 Å². The van der Waals surface area contributed by atoms with Crippen molar-refractivity contribution in [3.8, 4) is 0 Å². The van der Waals surface area contributed by atoms with Gasteiger partial charge in [-0.05, 0) is 30.3 Å². The summed E-state index contributed by atoms with van der Waals surface area (Å²) in [6.45, 7) is 1.64. The van der Waals surface area contributed by atoms with Gasteiger partial charge in [-0.1, -0.05) is 19.1 Å². The van der Waals surface area contributed by atoms with E-state index in [1.807, 2.05) is 43.3 Å². The lowest BCUT2D eigenvalue weighted by atomic mass is 10.2. The Balaban J connectivity index is 2.13. The third-order valence-corrected chi connectivity index (χ3v) is 5.72. The lowest BCUT2D eigenvalue weighted by Gasteiger charge is -2.19. The summed E-state index contributed by atoms with van der Waals surface area (Å²) in [5, 5.41) is 4.15. The molecule has 1 heterocycles.